The number of hydrogen-bond donors (Lipinski definition) is 0. The maximum absolute atomic E-state index is 10.1. The van der Waals surface area contributed by atoms with Gasteiger partial charge < -0.3 is 9.30 Å². The normalized spacial score (nSPS) is 11.5. The summed E-state index contributed by atoms with van der Waals surface area (Å²) in [5.41, 5.74) is 5.44. The summed E-state index contributed by atoms with van der Waals surface area (Å²) in [7, 11) is 1.91. The molecule has 0 aliphatic rings. The highest BCUT2D eigenvalue weighted by Gasteiger charge is 2.17. The molecule has 0 N–H and O–H groups in total. The van der Waals surface area contributed by atoms with Gasteiger partial charge in [-0.3, -0.25) is 0 Å². The van der Waals surface area contributed by atoms with E-state index in [1.54, 1.807) is 4.68 Å². The first-order chi connectivity index (χ1) is 17.1. The Labute approximate surface area is 208 Å². The van der Waals surface area contributed by atoms with Gasteiger partial charge >= 0.3 is 0 Å². The molecule has 172 valence electrons. The Bertz CT molecular complexity index is 1590. The van der Waals surface area contributed by atoms with Crippen LogP contribution >= 0.6 is 11.6 Å². The molecule has 0 atom stereocenters. The fourth-order valence-electron chi connectivity index (χ4n) is 4.04. The second kappa shape index (κ2) is 9.49. The SMILES string of the molecule is CCOc1ccc(-c2nn(-c3ccccc3)cc2C=C(C#N)c2nc3ccccc3n2C)cc1Cl. The molecule has 0 bridgehead atoms. The predicted molar refractivity (Wildman–Crippen MR) is 139 cm³/mol. The van der Waals surface area contributed by atoms with Crippen molar-refractivity contribution >= 4 is 34.3 Å². The molecule has 0 amide bonds. The largest absolute Gasteiger partial charge is 0.492 e. The Hall–Kier alpha value is -4.34. The van der Waals surface area contributed by atoms with Crippen molar-refractivity contribution in [2.24, 2.45) is 7.05 Å². The van der Waals surface area contributed by atoms with E-state index < -0.39 is 0 Å². The van der Waals surface area contributed by atoms with Crippen LogP contribution in [0.1, 0.15) is 18.3 Å². The van der Waals surface area contributed by atoms with Crippen molar-refractivity contribution < 1.29 is 4.74 Å². The molecule has 7 heteroatoms. The van der Waals surface area contributed by atoms with Crippen LogP contribution in [0.2, 0.25) is 5.02 Å². The molecule has 35 heavy (non-hydrogen) atoms. The van der Waals surface area contributed by atoms with Gasteiger partial charge in [0.25, 0.3) is 0 Å². The quantitative estimate of drug-likeness (QED) is 0.259. The number of aryl methyl sites for hydroxylation is 1. The molecule has 0 aliphatic heterocycles. The van der Waals surface area contributed by atoms with Crippen molar-refractivity contribution in [3.63, 3.8) is 0 Å². The Morgan fingerprint density at radius 3 is 2.57 bits per heavy atom. The van der Waals surface area contributed by atoms with Crippen LogP contribution in [0.15, 0.2) is 79.0 Å². The van der Waals surface area contributed by atoms with Crippen molar-refractivity contribution in [1.29, 1.82) is 5.26 Å². The minimum absolute atomic E-state index is 0.439. The minimum atomic E-state index is 0.439. The number of rotatable bonds is 6. The van der Waals surface area contributed by atoms with E-state index in [9.17, 15) is 5.26 Å². The highest BCUT2D eigenvalue weighted by Crippen LogP contribution is 2.33. The van der Waals surface area contributed by atoms with E-state index in [-0.39, 0.29) is 0 Å². The van der Waals surface area contributed by atoms with Crippen LogP contribution in [0.25, 0.3) is 39.6 Å². The summed E-state index contributed by atoms with van der Waals surface area (Å²) in [6, 6.07) is 25.6. The molecule has 3 aromatic carbocycles. The maximum atomic E-state index is 10.1. The van der Waals surface area contributed by atoms with E-state index in [2.05, 4.69) is 6.07 Å². The van der Waals surface area contributed by atoms with E-state index in [1.807, 2.05) is 104 Å². The Morgan fingerprint density at radius 1 is 1.09 bits per heavy atom. The van der Waals surface area contributed by atoms with E-state index >= 15 is 0 Å². The molecule has 0 unspecified atom stereocenters. The third-order valence-electron chi connectivity index (χ3n) is 5.72. The lowest BCUT2D eigenvalue weighted by molar-refractivity contribution is 0.340. The summed E-state index contributed by atoms with van der Waals surface area (Å²) in [4.78, 5) is 4.70. The molecule has 5 rings (SSSR count). The molecule has 2 aromatic heterocycles. The number of halogens is 1. The number of para-hydroxylation sites is 3. The molecule has 0 saturated carbocycles. The molecule has 0 spiro atoms. The summed E-state index contributed by atoms with van der Waals surface area (Å²) in [6.07, 6.45) is 3.74. The summed E-state index contributed by atoms with van der Waals surface area (Å²) in [6.45, 7) is 2.44. The highest BCUT2D eigenvalue weighted by atomic mass is 35.5. The number of aromatic nitrogens is 4. The number of allylic oxidation sites excluding steroid dienone is 1. The summed E-state index contributed by atoms with van der Waals surface area (Å²) in [5.74, 6) is 1.21. The lowest BCUT2D eigenvalue weighted by atomic mass is 10.1. The van der Waals surface area contributed by atoms with E-state index in [0.29, 0.717) is 34.5 Å². The fraction of sp³-hybridized carbons (Fsp3) is 0.107. The van der Waals surface area contributed by atoms with Gasteiger partial charge in [-0.1, -0.05) is 41.9 Å². The van der Waals surface area contributed by atoms with Crippen LogP contribution in [-0.4, -0.2) is 25.9 Å². The van der Waals surface area contributed by atoms with Crippen molar-refractivity contribution in [3.05, 3.63) is 95.4 Å². The Morgan fingerprint density at radius 2 is 1.86 bits per heavy atom. The van der Waals surface area contributed by atoms with Crippen molar-refractivity contribution in [3.8, 4) is 28.8 Å². The van der Waals surface area contributed by atoms with Gasteiger partial charge in [0.1, 0.15) is 17.5 Å². The van der Waals surface area contributed by atoms with Crippen LogP contribution < -0.4 is 4.74 Å². The van der Waals surface area contributed by atoms with Crippen molar-refractivity contribution in [2.45, 2.75) is 6.92 Å². The molecule has 0 radical (unpaired) electrons. The van der Waals surface area contributed by atoms with Crippen LogP contribution in [0.4, 0.5) is 0 Å². The van der Waals surface area contributed by atoms with Gasteiger partial charge in [-0.25, -0.2) is 9.67 Å². The summed E-state index contributed by atoms with van der Waals surface area (Å²) < 4.78 is 9.32. The van der Waals surface area contributed by atoms with Crippen LogP contribution in [0.3, 0.4) is 0 Å². The number of benzene rings is 3. The van der Waals surface area contributed by atoms with E-state index in [1.165, 1.54) is 0 Å². The first kappa shape index (κ1) is 22.5. The number of imidazole rings is 1. The van der Waals surface area contributed by atoms with Gasteiger partial charge in [0, 0.05) is 24.4 Å². The molecule has 5 aromatic rings. The van der Waals surface area contributed by atoms with Gasteiger partial charge in [-0.05, 0) is 55.5 Å². The zero-order valence-corrected chi connectivity index (χ0v) is 20.1. The lowest BCUT2D eigenvalue weighted by Gasteiger charge is -2.07. The third-order valence-corrected chi connectivity index (χ3v) is 6.01. The minimum Gasteiger partial charge on any atom is -0.492 e. The van der Waals surface area contributed by atoms with Crippen LogP contribution in [0, 0.1) is 11.3 Å². The van der Waals surface area contributed by atoms with Crippen LogP contribution in [0.5, 0.6) is 5.75 Å². The topological polar surface area (TPSA) is 68.7 Å². The molecule has 0 saturated heterocycles. The van der Waals surface area contributed by atoms with Crippen molar-refractivity contribution in [1.82, 2.24) is 19.3 Å². The lowest BCUT2D eigenvalue weighted by Crippen LogP contribution is -1.96. The summed E-state index contributed by atoms with van der Waals surface area (Å²) in [5, 5.41) is 15.4. The molecular formula is C28H22ClN5O. The first-order valence-electron chi connectivity index (χ1n) is 11.2. The molecular weight excluding hydrogens is 458 g/mol. The highest BCUT2D eigenvalue weighted by molar-refractivity contribution is 6.32. The predicted octanol–water partition coefficient (Wildman–Crippen LogP) is 6.54. The molecule has 6 nitrogen and oxygen atoms in total. The average Bonchev–Trinajstić information content (AvgIpc) is 3.46. The average molecular weight is 480 g/mol. The van der Waals surface area contributed by atoms with E-state index in [4.69, 9.17) is 26.4 Å². The van der Waals surface area contributed by atoms with Gasteiger partial charge in [0.2, 0.25) is 0 Å². The Balaban J connectivity index is 1.67. The summed E-state index contributed by atoms with van der Waals surface area (Å²) >= 11 is 6.49. The van der Waals surface area contributed by atoms with Gasteiger partial charge in [-0.2, -0.15) is 10.4 Å². The number of fused-ring (bicyclic) bond motifs is 1. The molecule has 0 aliphatic carbocycles. The number of hydrogen-bond acceptors (Lipinski definition) is 4. The number of ether oxygens (including phenoxy) is 1. The van der Waals surface area contributed by atoms with Gasteiger partial charge in [0.15, 0.2) is 5.82 Å². The third kappa shape index (κ3) is 4.30. The number of nitriles is 1. The first-order valence-corrected chi connectivity index (χ1v) is 11.6. The Kier molecular flexibility index (Phi) is 6.09. The van der Waals surface area contributed by atoms with Crippen molar-refractivity contribution in [2.75, 3.05) is 6.61 Å². The second-order valence-electron chi connectivity index (χ2n) is 7.94. The van der Waals surface area contributed by atoms with Crippen LogP contribution in [-0.2, 0) is 7.05 Å². The zero-order chi connectivity index (χ0) is 24.4. The molecule has 2 heterocycles. The van der Waals surface area contributed by atoms with Gasteiger partial charge in [-0.15, -0.1) is 0 Å². The standard InChI is InChI=1S/C28H22ClN5O/c1-3-35-26-14-13-19(16-23(26)29)27-21(18-34(32-27)22-9-5-4-6-10-22)15-20(17-30)28-31-24-11-7-8-12-25(24)33(28)2/h4-16,18H,3H2,1-2H3. The monoisotopic (exact) mass is 479 g/mol. The fourth-order valence-corrected chi connectivity index (χ4v) is 4.27. The zero-order valence-electron chi connectivity index (χ0n) is 19.3. The second-order valence-corrected chi connectivity index (χ2v) is 8.35. The number of nitrogens with zero attached hydrogens (tertiary/aromatic N) is 5. The molecule has 0 fully saturated rings. The van der Waals surface area contributed by atoms with E-state index in [0.717, 1.165) is 27.8 Å². The smallest absolute Gasteiger partial charge is 0.151 e. The van der Waals surface area contributed by atoms with Gasteiger partial charge in [0.05, 0.1) is 33.9 Å². The maximum Gasteiger partial charge on any atom is 0.151 e.